The SMILES string of the molecule is CCc1ccc(OCCCN(C)c2c(C(C)C)cc(C)cc2C(C)C)c(-c2cccc(C(=O)OCc3ccccc3)c2O)c1. The van der Waals surface area contributed by atoms with E-state index >= 15 is 0 Å². The minimum absolute atomic E-state index is 0.106. The van der Waals surface area contributed by atoms with Crippen LogP contribution in [-0.4, -0.2) is 31.3 Å². The number of aryl methyl sites for hydroxylation is 2. The van der Waals surface area contributed by atoms with Crippen LogP contribution in [-0.2, 0) is 17.8 Å². The van der Waals surface area contributed by atoms with Crippen LogP contribution >= 0.6 is 0 Å². The standard InChI is InChI=1S/C39H47NO4/c1-8-29-18-19-36(43-21-13-20-40(7)37-33(26(2)3)22-28(6)23-34(37)27(4)5)35(24-29)31-16-12-17-32(38(31)41)39(42)44-25-30-14-10-9-11-15-30/h9-12,14-19,22-24,26-27,41H,8,13,20-21,25H2,1-7H3. The lowest BCUT2D eigenvalue weighted by atomic mass is 9.90. The number of nitrogens with zero attached hydrogens (tertiary/aromatic N) is 1. The van der Waals surface area contributed by atoms with Crippen molar-refractivity contribution >= 4 is 11.7 Å². The summed E-state index contributed by atoms with van der Waals surface area (Å²) in [5.74, 6) is 0.865. The highest BCUT2D eigenvalue weighted by Gasteiger charge is 2.21. The van der Waals surface area contributed by atoms with Crippen molar-refractivity contribution in [2.24, 2.45) is 0 Å². The van der Waals surface area contributed by atoms with Crippen LogP contribution in [0.25, 0.3) is 11.1 Å². The molecule has 0 unspecified atom stereocenters. The summed E-state index contributed by atoms with van der Waals surface area (Å²) in [6, 6.07) is 25.4. The summed E-state index contributed by atoms with van der Waals surface area (Å²) in [6.07, 6.45) is 1.66. The smallest absolute Gasteiger partial charge is 0.342 e. The number of rotatable bonds is 13. The molecular formula is C39H47NO4. The highest BCUT2D eigenvalue weighted by atomic mass is 16.5. The molecule has 0 fully saturated rings. The Morgan fingerprint density at radius 2 is 1.52 bits per heavy atom. The third-order valence-corrected chi connectivity index (χ3v) is 8.05. The van der Waals surface area contributed by atoms with E-state index in [0.29, 0.717) is 29.8 Å². The van der Waals surface area contributed by atoms with Gasteiger partial charge in [0.1, 0.15) is 23.7 Å². The molecule has 5 heteroatoms. The predicted octanol–water partition coefficient (Wildman–Crippen LogP) is 9.44. The van der Waals surface area contributed by atoms with Gasteiger partial charge in [-0.1, -0.05) is 101 Å². The van der Waals surface area contributed by atoms with Gasteiger partial charge in [-0.05, 0) is 72.1 Å². The van der Waals surface area contributed by atoms with Crippen molar-refractivity contribution in [1.82, 2.24) is 0 Å². The molecule has 4 rings (SSSR count). The number of aromatic hydroxyl groups is 1. The highest BCUT2D eigenvalue weighted by molar-refractivity contribution is 5.96. The van der Waals surface area contributed by atoms with Crippen LogP contribution in [0.2, 0.25) is 0 Å². The molecule has 44 heavy (non-hydrogen) atoms. The molecule has 0 saturated heterocycles. The summed E-state index contributed by atoms with van der Waals surface area (Å²) in [5.41, 5.74) is 8.83. The predicted molar refractivity (Wildman–Crippen MR) is 181 cm³/mol. The first kappa shape index (κ1) is 32.7. The van der Waals surface area contributed by atoms with E-state index < -0.39 is 5.97 Å². The number of carbonyl (C=O) groups excluding carboxylic acids is 1. The number of hydrogen-bond donors (Lipinski definition) is 1. The van der Waals surface area contributed by atoms with E-state index in [9.17, 15) is 9.90 Å². The number of carbonyl (C=O) groups is 1. The van der Waals surface area contributed by atoms with Crippen LogP contribution < -0.4 is 9.64 Å². The molecular weight excluding hydrogens is 546 g/mol. The first-order chi connectivity index (χ1) is 21.1. The molecule has 0 heterocycles. The maximum Gasteiger partial charge on any atom is 0.342 e. The lowest BCUT2D eigenvalue weighted by Gasteiger charge is -2.29. The zero-order chi connectivity index (χ0) is 31.8. The number of phenols is 1. The van der Waals surface area contributed by atoms with E-state index in [1.165, 1.54) is 22.4 Å². The lowest BCUT2D eigenvalue weighted by Crippen LogP contribution is -2.24. The maximum atomic E-state index is 13.0. The fourth-order valence-electron chi connectivity index (χ4n) is 5.61. The summed E-state index contributed by atoms with van der Waals surface area (Å²) >= 11 is 0. The molecule has 0 aliphatic carbocycles. The van der Waals surface area contributed by atoms with Crippen LogP contribution in [0.3, 0.4) is 0 Å². The molecule has 0 aromatic heterocycles. The van der Waals surface area contributed by atoms with Gasteiger partial charge in [0.25, 0.3) is 0 Å². The molecule has 1 N–H and O–H groups in total. The quantitative estimate of drug-likeness (QED) is 0.124. The molecule has 232 valence electrons. The Bertz CT molecular complexity index is 1530. The number of ether oxygens (including phenoxy) is 2. The summed E-state index contributed by atoms with van der Waals surface area (Å²) in [5, 5.41) is 11.3. The minimum Gasteiger partial charge on any atom is -0.506 e. The molecule has 0 aliphatic rings. The summed E-state index contributed by atoms with van der Waals surface area (Å²) in [6.45, 7) is 14.8. The van der Waals surface area contributed by atoms with Gasteiger partial charge in [0.2, 0.25) is 0 Å². The second kappa shape index (κ2) is 15.0. The molecule has 0 spiro atoms. The molecule has 0 atom stereocenters. The Morgan fingerprint density at radius 1 is 0.841 bits per heavy atom. The van der Waals surface area contributed by atoms with Crippen LogP contribution in [0.15, 0.2) is 78.9 Å². The van der Waals surface area contributed by atoms with Crippen molar-refractivity contribution in [3.63, 3.8) is 0 Å². The topological polar surface area (TPSA) is 59.0 Å². The van der Waals surface area contributed by atoms with Crippen molar-refractivity contribution in [3.8, 4) is 22.6 Å². The molecule has 4 aromatic rings. The number of esters is 1. The van der Waals surface area contributed by atoms with Gasteiger partial charge in [0.15, 0.2) is 0 Å². The summed E-state index contributed by atoms with van der Waals surface area (Å²) < 4.78 is 11.9. The third kappa shape index (κ3) is 7.82. The Labute approximate surface area is 263 Å². The number of phenolic OH excluding ortho intramolecular Hbond substituents is 1. The zero-order valence-electron chi connectivity index (χ0n) is 27.3. The van der Waals surface area contributed by atoms with Gasteiger partial charge in [-0.25, -0.2) is 4.79 Å². The van der Waals surface area contributed by atoms with Crippen molar-refractivity contribution < 1.29 is 19.4 Å². The summed E-state index contributed by atoms with van der Waals surface area (Å²) in [4.78, 5) is 15.3. The molecule has 5 nitrogen and oxygen atoms in total. The van der Waals surface area contributed by atoms with Gasteiger partial charge in [0, 0.05) is 30.4 Å². The highest BCUT2D eigenvalue weighted by Crippen LogP contribution is 2.39. The normalized spacial score (nSPS) is 11.2. The van der Waals surface area contributed by atoms with E-state index in [-0.39, 0.29) is 17.9 Å². The van der Waals surface area contributed by atoms with E-state index in [0.717, 1.165) is 36.1 Å². The van der Waals surface area contributed by atoms with E-state index in [1.807, 2.05) is 48.5 Å². The second-order valence-corrected chi connectivity index (χ2v) is 12.2. The van der Waals surface area contributed by atoms with Gasteiger partial charge in [-0.15, -0.1) is 0 Å². The Kier molecular flexibility index (Phi) is 11.1. The molecule has 0 aliphatic heterocycles. The lowest BCUT2D eigenvalue weighted by molar-refractivity contribution is 0.0469. The number of hydrogen-bond acceptors (Lipinski definition) is 5. The Balaban J connectivity index is 1.51. The molecule has 0 radical (unpaired) electrons. The van der Waals surface area contributed by atoms with Gasteiger partial charge in [-0.3, -0.25) is 0 Å². The fraction of sp³-hybridized carbons (Fsp3) is 0.359. The second-order valence-electron chi connectivity index (χ2n) is 12.2. The van der Waals surface area contributed by atoms with Crippen LogP contribution in [0.5, 0.6) is 11.5 Å². The van der Waals surface area contributed by atoms with Gasteiger partial charge in [-0.2, -0.15) is 0 Å². The van der Waals surface area contributed by atoms with E-state index in [4.69, 9.17) is 9.47 Å². The van der Waals surface area contributed by atoms with Gasteiger partial charge < -0.3 is 19.5 Å². The molecule has 0 saturated carbocycles. The van der Waals surface area contributed by atoms with Crippen molar-refractivity contribution in [2.45, 2.75) is 72.8 Å². The first-order valence-corrected chi connectivity index (χ1v) is 15.7. The average molecular weight is 594 g/mol. The summed E-state index contributed by atoms with van der Waals surface area (Å²) in [7, 11) is 2.17. The van der Waals surface area contributed by atoms with Crippen LogP contribution in [0.4, 0.5) is 5.69 Å². The zero-order valence-corrected chi connectivity index (χ0v) is 27.3. The van der Waals surface area contributed by atoms with Gasteiger partial charge in [0.05, 0.1) is 6.61 Å². The number of anilines is 1. The van der Waals surface area contributed by atoms with Gasteiger partial charge >= 0.3 is 5.97 Å². The minimum atomic E-state index is -0.567. The molecule has 0 bridgehead atoms. The monoisotopic (exact) mass is 593 g/mol. The third-order valence-electron chi connectivity index (χ3n) is 8.05. The average Bonchev–Trinajstić information content (AvgIpc) is 3.02. The number of para-hydroxylation sites is 1. The van der Waals surface area contributed by atoms with E-state index in [2.05, 4.69) is 71.7 Å². The largest absolute Gasteiger partial charge is 0.506 e. The molecule has 4 aromatic carbocycles. The number of benzene rings is 4. The molecule has 0 amide bonds. The Morgan fingerprint density at radius 3 is 2.16 bits per heavy atom. The van der Waals surface area contributed by atoms with Crippen molar-refractivity contribution in [2.75, 3.05) is 25.1 Å². The van der Waals surface area contributed by atoms with Crippen molar-refractivity contribution in [1.29, 1.82) is 0 Å². The first-order valence-electron chi connectivity index (χ1n) is 15.7. The fourth-order valence-corrected chi connectivity index (χ4v) is 5.61. The Hall–Kier alpha value is -4.25. The van der Waals surface area contributed by atoms with Crippen LogP contribution in [0.1, 0.15) is 91.1 Å². The van der Waals surface area contributed by atoms with E-state index in [1.54, 1.807) is 12.1 Å². The van der Waals surface area contributed by atoms with Crippen molar-refractivity contribution in [3.05, 3.63) is 112 Å². The maximum absolute atomic E-state index is 13.0. The van der Waals surface area contributed by atoms with Crippen LogP contribution in [0, 0.1) is 6.92 Å².